The van der Waals surface area contributed by atoms with Gasteiger partial charge in [-0.2, -0.15) is 0 Å². The molecule has 2 atom stereocenters. The summed E-state index contributed by atoms with van der Waals surface area (Å²) in [6, 6.07) is 0.0283. The first-order valence-electron chi connectivity index (χ1n) is 5.20. The maximum Gasteiger partial charge on any atom is 0.238 e. The zero-order valence-corrected chi connectivity index (χ0v) is 9.58. The molecule has 0 spiro atoms. The zero-order valence-electron chi connectivity index (χ0n) is 9.58. The van der Waals surface area contributed by atoms with Gasteiger partial charge in [-0.15, -0.1) is 0 Å². The number of hydrogen-bond donors (Lipinski definition) is 1. The van der Waals surface area contributed by atoms with Gasteiger partial charge >= 0.3 is 0 Å². The Kier molecular flexibility index (Phi) is 3.17. The van der Waals surface area contributed by atoms with E-state index in [2.05, 4.69) is 13.8 Å². The quantitative estimate of drug-likeness (QED) is 0.723. The van der Waals surface area contributed by atoms with Crippen LogP contribution in [0.3, 0.4) is 0 Å². The average Bonchev–Trinajstić information content (AvgIpc) is 2.30. The van der Waals surface area contributed by atoms with E-state index >= 15 is 0 Å². The fraction of sp³-hybridized carbons (Fsp3) is 0.900. The van der Waals surface area contributed by atoms with Crippen molar-refractivity contribution < 1.29 is 4.79 Å². The van der Waals surface area contributed by atoms with E-state index in [0.717, 1.165) is 6.42 Å². The smallest absolute Gasteiger partial charge is 0.238 e. The van der Waals surface area contributed by atoms with Crippen LogP contribution in [0.5, 0.6) is 0 Å². The first kappa shape index (κ1) is 11.5. The Labute approximate surface area is 86.0 Å². The summed E-state index contributed by atoms with van der Waals surface area (Å²) in [6.07, 6.45) is 1.58. The number of carbonyl (C=O) groups is 1. The van der Waals surface area contributed by atoms with Crippen LogP contribution in [0.1, 0.15) is 33.6 Å². The van der Waals surface area contributed by atoms with Crippen LogP contribution in [0.15, 0.2) is 0 Å². The van der Waals surface area contributed by atoms with Crippen molar-refractivity contribution in [1.29, 1.82) is 0 Å². The molecule has 1 saturated heterocycles. The highest BCUT2D eigenvalue weighted by molar-refractivity contribution is 5.79. The minimum atomic E-state index is -0.0219. The molecule has 4 heteroatoms. The van der Waals surface area contributed by atoms with E-state index in [1.165, 1.54) is 0 Å². The molecule has 1 aliphatic heterocycles. The lowest BCUT2D eigenvalue weighted by Crippen LogP contribution is -2.49. The molecule has 0 aromatic rings. The van der Waals surface area contributed by atoms with Crippen molar-refractivity contribution in [3.8, 4) is 0 Å². The highest BCUT2D eigenvalue weighted by Crippen LogP contribution is 2.31. The maximum atomic E-state index is 11.7. The number of hydrogen-bond acceptors (Lipinski definition) is 3. The van der Waals surface area contributed by atoms with Gasteiger partial charge in [0.15, 0.2) is 0 Å². The first-order chi connectivity index (χ1) is 6.40. The summed E-state index contributed by atoms with van der Waals surface area (Å²) in [5.41, 5.74) is 5.68. The van der Waals surface area contributed by atoms with E-state index in [-0.39, 0.29) is 17.5 Å². The molecule has 1 fully saturated rings. The van der Waals surface area contributed by atoms with E-state index in [4.69, 9.17) is 5.73 Å². The Balaban J connectivity index is 2.75. The highest BCUT2D eigenvalue weighted by Gasteiger charge is 2.43. The molecule has 0 bridgehead atoms. The second-order valence-electron chi connectivity index (χ2n) is 4.50. The second-order valence-corrected chi connectivity index (χ2v) is 4.50. The Bertz CT molecular complexity index is 229. The molecule has 14 heavy (non-hydrogen) atoms. The van der Waals surface area contributed by atoms with E-state index in [1.807, 2.05) is 19.0 Å². The van der Waals surface area contributed by atoms with Gasteiger partial charge in [-0.1, -0.05) is 6.92 Å². The van der Waals surface area contributed by atoms with Crippen molar-refractivity contribution in [3.05, 3.63) is 0 Å². The van der Waals surface area contributed by atoms with Crippen LogP contribution in [0.4, 0.5) is 0 Å². The van der Waals surface area contributed by atoms with E-state index in [0.29, 0.717) is 13.0 Å². The zero-order chi connectivity index (χ0) is 10.9. The summed E-state index contributed by atoms with van der Waals surface area (Å²) in [6.45, 7) is 6.76. The summed E-state index contributed by atoms with van der Waals surface area (Å²) in [7, 11) is 1.97. The van der Waals surface area contributed by atoms with Crippen molar-refractivity contribution in [2.24, 2.45) is 5.73 Å². The topological polar surface area (TPSA) is 49.6 Å². The summed E-state index contributed by atoms with van der Waals surface area (Å²) in [5.74, 6) is 0.189. The SMILES string of the molecule is CCC1(C)CC(=O)N(CC(C)N)N1C. The monoisotopic (exact) mass is 199 g/mol. The van der Waals surface area contributed by atoms with Crippen LogP contribution in [-0.4, -0.2) is 41.1 Å². The lowest BCUT2D eigenvalue weighted by Gasteiger charge is -2.35. The highest BCUT2D eigenvalue weighted by atomic mass is 16.2. The van der Waals surface area contributed by atoms with E-state index in [9.17, 15) is 4.79 Å². The van der Waals surface area contributed by atoms with Gasteiger partial charge in [0.25, 0.3) is 0 Å². The molecule has 0 aliphatic carbocycles. The molecule has 2 unspecified atom stereocenters. The van der Waals surface area contributed by atoms with Crippen LogP contribution >= 0.6 is 0 Å². The summed E-state index contributed by atoms with van der Waals surface area (Å²) in [4.78, 5) is 11.7. The fourth-order valence-corrected chi connectivity index (χ4v) is 1.84. The number of amides is 1. The van der Waals surface area contributed by atoms with Crippen molar-refractivity contribution in [1.82, 2.24) is 10.0 Å². The number of carbonyl (C=O) groups excluding carboxylic acids is 1. The standard InChI is InChI=1S/C10H21N3O/c1-5-10(3)6-9(14)13(12(10)4)7-8(2)11/h8H,5-7,11H2,1-4H3. The van der Waals surface area contributed by atoms with Gasteiger partial charge in [0, 0.05) is 25.0 Å². The van der Waals surface area contributed by atoms with Gasteiger partial charge in [0.1, 0.15) is 0 Å². The fourth-order valence-electron chi connectivity index (χ4n) is 1.84. The Morgan fingerprint density at radius 2 is 2.21 bits per heavy atom. The Morgan fingerprint density at radius 1 is 1.64 bits per heavy atom. The van der Waals surface area contributed by atoms with Crippen LogP contribution in [-0.2, 0) is 4.79 Å². The number of rotatable bonds is 3. The third-order valence-corrected chi connectivity index (χ3v) is 3.19. The summed E-state index contributed by atoms with van der Waals surface area (Å²) >= 11 is 0. The molecule has 82 valence electrons. The predicted molar refractivity (Wildman–Crippen MR) is 56.4 cm³/mol. The van der Waals surface area contributed by atoms with Crippen molar-refractivity contribution in [2.45, 2.75) is 45.2 Å². The Hall–Kier alpha value is -0.610. The van der Waals surface area contributed by atoms with E-state index in [1.54, 1.807) is 5.01 Å². The predicted octanol–water partition coefficient (Wildman–Crippen LogP) is 0.581. The van der Waals surface area contributed by atoms with Crippen LogP contribution in [0, 0.1) is 0 Å². The van der Waals surface area contributed by atoms with E-state index < -0.39 is 0 Å². The molecule has 0 aromatic heterocycles. The molecule has 2 N–H and O–H groups in total. The lowest BCUT2D eigenvalue weighted by atomic mass is 9.96. The summed E-state index contributed by atoms with van der Waals surface area (Å²) in [5, 5.41) is 3.81. The van der Waals surface area contributed by atoms with Gasteiger partial charge in [0.2, 0.25) is 5.91 Å². The van der Waals surface area contributed by atoms with Gasteiger partial charge in [-0.25, -0.2) is 5.01 Å². The Morgan fingerprint density at radius 3 is 2.57 bits per heavy atom. The first-order valence-corrected chi connectivity index (χ1v) is 5.20. The second kappa shape index (κ2) is 3.87. The third kappa shape index (κ3) is 1.91. The number of nitrogens with two attached hydrogens (primary N) is 1. The molecule has 1 rings (SSSR count). The van der Waals surface area contributed by atoms with Gasteiger partial charge in [-0.3, -0.25) is 9.80 Å². The van der Waals surface area contributed by atoms with Crippen molar-refractivity contribution in [3.63, 3.8) is 0 Å². The van der Waals surface area contributed by atoms with Gasteiger partial charge < -0.3 is 5.73 Å². The molecule has 0 saturated carbocycles. The number of nitrogens with zero attached hydrogens (tertiary/aromatic N) is 2. The largest absolute Gasteiger partial charge is 0.326 e. The maximum absolute atomic E-state index is 11.7. The molecule has 1 aliphatic rings. The molecular weight excluding hydrogens is 178 g/mol. The van der Waals surface area contributed by atoms with Gasteiger partial charge in [0.05, 0.1) is 6.54 Å². The minimum absolute atomic E-state index is 0.0219. The van der Waals surface area contributed by atoms with Crippen molar-refractivity contribution >= 4 is 5.91 Å². The molecule has 1 amide bonds. The molecule has 0 aromatic carbocycles. The average molecular weight is 199 g/mol. The molecule has 0 radical (unpaired) electrons. The van der Waals surface area contributed by atoms with Crippen LogP contribution < -0.4 is 5.73 Å². The normalized spacial score (nSPS) is 31.2. The molecule has 1 heterocycles. The van der Waals surface area contributed by atoms with Crippen LogP contribution in [0.25, 0.3) is 0 Å². The molecular formula is C10H21N3O. The van der Waals surface area contributed by atoms with Crippen molar-refractivity contribution in [2.75, 3.05) is 13.6 Å². The molecule has 4 nitrogen and oxygen atoms in total. The lowest BCUT2D eigenvalue weighted by molar-refractivity contribution is -0.138. The summed E-state index contributed by atoms with van der Waals surface area (Å²) < 4.78 is 0. The minimum Gasteiger partial charge on any atom is -0.326 e. The third-order valence-electron chi connectivity index (χ3n) is 3.19. The number of hydrazine groups is 1. The van der Waals surface area contributed by atoms with Gasteiger partial charge in [-0.05, 0) is 20.3 Å². The van der Waals surface area contributed by atoms with Crippen LogP contribution in [0.2, 0.25) is 0 Å².